The normalized spacial score (nSPS) is 20.2. The van der Waals surface area contributed by atoms with Crippen LogP contribution in [0.2, 0.25) is 0 Å². The molecule has 0 aliphatic carbocycles. The van der Waals surface area contributed by atoms with E-state index in [1.807, 2.05) is 30.3 Å². The zero-order valence-corrected chi connectivity index (χ0v) is 19.9. The Hall–Kier alpha value is -2.43. The van der Waals surface area contributed by atoms with Gasteiger partial charge >= 0.3 is 0 Å². The Morgan fingerprint density at radius 3 is 2.28 bits per heavy atom. The summed E-state index contributed by atoms with van der Waals surface area (Å²) < 4.78 is 28.3. The number of para-hydroxylation sites is 1. The number of amides is 2. The first-order chi connectivity index (χ1) is 15.4. The molecule has 1 atom stereocenters. The molecule has 0 saturated carbocycles. The fourth-order valence-electron chi connectivity index (χ4n) is 4.07. The fourth-order valence-corrected chi connectivity index (χ4v) is 5.92. The molecular weight excluding hydrogens is 496 g/mol. The molecule has 170 valence electrons. The number of carbonyl (C=O) groups is 2. The fraction of sp³-hybridized carbons (Fsp3) is 0.364. The number of anilines is 1. The highest BCUT2D eigenvalue weighted by atomic mass is 79.9. The van der Waals surface area contributed by atoms with Crippen molar-refractivity contribution in [1.29, 1.82) is 0 Å². The van der Waals surface area contributed by atoms with Gasteiger partial charge in [0.1, 0.15) is 6.04 Å². The molecule has 1 N–H and O–H groups in total. The summed E-state index contributed by atoms with van der Waals surface area (Å²) in [5.41, 5.74) is 1.11. The second-order valence-corrected chi connectivity index (χ2v) is 10.6. The Kier molecular flexibility index (Phi) is 6.82. The summed E-state index contributed by atoms with van der Waals surface area (Å²) in [6.45, 7) is 2.78. The van der Waals surface area contributed by atoms with E-state index in [-0.39, 0.29) is 30.3 Å². The molecule has 0 bridgehead atoms. The summed E-state index contributed by atoms with van der Waals surface area (Å²) in [6, 6.07) is 15.2. The highest BCUT2D eigenvalue weighted by molar-refractivity contribution is 9.10. The van der Waals surface area contributed by atoms with E-state index in [1.165, 1.54) is 12.1 Å². The zero-order chi connectivity index (χ0) is 22.7. The van der Waals surface area contributed by atoms with E-state index in [9.17, 15) is 18.0 Å². The SMILES string of the molecule is O=C1NCCN(S(=O)(=O)c2ccc(Br)cc2)[C@H]1CC(=O)N1CCN(c2ccccc2)CC1. The molecule has 4 rings (SSSR count). The van der Waals surface area contributed by atoms with E-state index in [4.69, 9.17) is 0 Å². The molecule has 8 nitrogen and oxygen atoms in total. The van der Waals surface area contributed by atoms with Gasteiger partial charge in [-0.25, -0.2) is 8.42 Å². The van der Waals surface area contributed by atoms with Crippen molar-refractivity contribution in [2.45, 2.75) is 17.4 Å². The van der Waals surface area contributed by atoms with Gasteiger partial charge in [-0.3, -0.25) is 9.59 Å². The van der Waals surface area contributed by atoms with Gasteiger partial charge in [0.2, 0.25) is 21.8 Å². The predicted molar refractivity (Wildman–Crippen MR) is 125 cm³/mol. The first-order valence-electron chi connectivity index (χ1n) is 10.5. The second kappa shape index (κ2) is 9.60. The largest absolute Gasteiger partial charge is 0.368 e. The molecule has 2 heterocycles. The van der Waals surface area contributed by atoms with Crippen LogP contribution in [0.1, 0.15) is 6.42 Å². The lowest BCUT2D eigenvalue weighted by Gasteiger charge is -2.38. The Bertz CT molecular complexity index is 1070. The van der Waals surface area contributed by atoms with E-state index < -0.39 is 22.0 Å². The maximum absolute atomic E-state index is 13.2. The number of carbonyl (C=O) groups excluding carboxylic acids is 2. The van der Waals surface area contributed by atoms with Crippen molar-refractivity contribution in [2.24, 2.45) is 0 Å². The molecule has 2 aliphatic heterocycles. The van der Waals surface area contributed by atoms with Gasteiger partial charge in [-0.2, -0.15) is 4.31 Å². The molecule has 2 amide bonds. The van der Waals surface area contributed by atoms with Gasteiger partial charge in [0.15, 0.2) is 0 Å². The molecule has 2 saturated heterocycles. The van der Waals surface area contributed by atoms with Crippen molar-refractivity contribution >= 4 is 43.5 Å². The van der Waals surface area contributed by atoms with Crippen molar-refractivity contribution in [3.8, 4) is 0 Å². The Balaban J connectivity index is 1.45. The molecule has 2 fully saturated rings. The first-order valence-corrected chi connectivity index (χ1v) is 12.7. The second-order valence-electron chi connectivity index (χ2n) is 7.78. The van der Waals surface area contributed by atoms with Gasteiger partial charge < -0.3 is 15.1 Å². The maximum atomic E-state index is 13.2. The monoisotopic (exact) mass is 520 g/mol. The van der Waals surface area contributed by atoms with Crippen LogP contribution < -0.4 is 10.2 Å². The Morgan fingerprint density at radius 2 is 1.62 bits per heavy atom. The molecule has 0 aromatic heterocycles. The average Bonchev–Trinajstić information content (AvgIpc) is 2.81. The standard InChI is InChI=1S/C22H25BrN4O4S/c23-17-6-8-19(9-7-17)32(30,31)27-11-10-24-22(29)20(27)16-21(28)26-14-12-25(13-15-26)18-4-2-1-3-5-18/h1-9,20H,10-16H2,(H,24,29)/t20-/m0/s1. The van der Waals surface area contributed by atoms with Crippen LogP contribution in [0.15, 0.2) is 64.0 Å². The molecule has 0 unspecified atom stereocenters. The number of nitrogens with zero attached hydrogens (tertiary/aromatic N) is 3. The third-order valence-corrected chi connectivity index (χ3v) is 8.27. The minimum absolute atomic E-state index is 0.101. The van der Waals surface area contributed by atoms with Crippen LogP contribution in [0.25, 0.3) is 0 Å². The maximum Gasteiger partial charge on any atom is 0.243 e. The van der Waals surface area contributed by atoms with E-state index >= 15 is 0 Å². The van der Waals surface area contributed by atoms with Crippen molar-refractivity contribution in [2.75, 3.05) is 44.2 Å². The topological polar surface area (TPSA) is 90.0 Å². The van der Waals surface area contributed by atoms with E-state index in [0.717, 1.165) is 14.5 Å². The van der Waals surface area contributed by atoms with Crippen molar-refractivity contribution in [3.63, 3.8) is 0 Å². The lowest BCUT2D eigenvalue weighted by Crippen LogP contribution is -2.59. The smallest absolute Gasteiger partial charge is 0.243 e. The quantitative estimate of drug-likeness (QED) is 0.647. The van der Waals surface area contributed by atoms with Crippen LogP contribution in [-0.4, -0.2) is 74.7 Å². The number of rotatable bonds is 5. The lowest BCUT2D eigenvalue weighted by molar-refractivity contribution is -0.137. The van der Waals surface area contributed by atoms with Gasteiger partial charge in [0, 0.05) is 49.4 Å². The first kappa shape index (κ1) is 22.8. The number of sulfonamides is 1. The van der Waals surface area contributed by atoms with Crippen LogP contribution in [0.3, 0.4) is 0 Å². The number of benzene rings is 2. The van der Waals surface area contributed by atoms with E-state index in [2.05, 4.69) is 26.1 Å². The van der Waals surface area contributed by atoms with Crippen molar-refractivity contribution in [3.05, 3.63) is 59.1 Å². The minimum Gasteiger partial charge on any atom is -0.368 e. The third kappa shape index (κ3) is 4.82. The Morgan fingerprint density at radius 1 is 0.969 bits per heavy atom. The number of halogens is 1. The summed E-state index contributed by atoms with van der Waals surface area (Å²) in [6.07, 6.45) is -0.174. The molecule has 0 spiro atoms. The minimum atomic E-state index is -3.91. The van der Waals surface area contributed by atoms with Gasteiger partial charge in [-0.1, -0.05) is 34.1 Å². The highest BCUT2D eigenvalue weighted by Crippen LogP contribution is 2.24. The Labute approximate surface area is 196 Å². The summed E-state index contributed by atoms with van der Waals surface area (Å²) >= 11 is 3.30. The van der Waals surface area contributed by atoms with Crippen LogP contribution in [0.5, 0.6) is 0 Å². The third-order valence-electron chi connectivity index (χ3n) is 5.82. The number of hydrogen-bond donors (Lipinski definition) is 1. The van der Waals surface area contributed by atoms with Gasteiger partial charge in [-0.15, -0.1) is 0 Å². The average molecular weight is 521 g/mol. The molecule has 2 aromatic rings. The van der Waals surface area contributed by atoms with Crippen LogP contribution in [0.4, 0.5) is 5.69 Å². The summed E-state index contributed by atoms with van der Waals surface area (Å²) in [4.78, 5) is 29.6. The lowest BCUT2D eigenvalue weighted by atomic mass is 10.1. The van der Waals surface area contributed by atoms with Gasteiger partial charge in [0.05, 0.1) is 11.3 Å². The van der Waals surface area contributed by atoms with Crippen LogP contribution in [-0.2, 0) is 19.6 Å². The summed E-state index contributed by atoms with van der Waals surface area (Å²) in [7, 11) is -3.91. The number of nitrogens with one attached hydrogen (secondary N) is 1. The van der Waals surface area contributed by atoms with Crippen LogP contribution in [0, 0.1) is 0 Å². The zero-order valence-electron chi connectivity index (χ0n) is 17.5. The number of piperazine rings is 2. The summed E-state index contributed by atoms with van der Waals surface area (Å²) in [5, 5.41) is 2.70. The molecule has 2 aromatic carbocycles. The molecule has 10 heteroatoms. The molecular formula is C22H25BrN4O4S. The van der Waals surface area contributed by atoms with Gasteiger partial charge in [-0.05, 0) is 36.4 Å². The van der Waals surface area contributed by atoms with Crippen LogP contribution >= 0.6 is 15.9 Å². The van der Waals surface area contributed by atoms with Crippen molar-refractivity contribution in [1.82, 2.24) is 14.5 Å². The summed E-state index contributed by atoms with van der Waals surface area (Å²) in [5.74, 6) is -0.649. The van der Waals surface area contributed by atoms with Gasteiger partial charge in [0.25, 0.3) is 0 Å². The van der Waals surface area contributed by atoms with E-state index in [1.54, 1.807) is 17.0 Å². The number of hydrogen-bond acceptors (Lipinski definition) is 5. The van der Waals surface area contributed by atoms with Crippen molar-refractivity contribution < 1.29 is 18.0 Å². The molecule has 2 aliphatic rings. The predicted octanol–water partition coefficient (Wildman–Crippen LogP) is 1.68. The highest BCUT2D eigenvalue weighted by Gasteiger charge is 2.40. The van der Waals surface area contributed by atoms with E-state index in [0.29, 0.717) is 26.2 Å². The molecule has 0 radical (unpaired) electrons. The molecule has 32 heavy (non-hydrogen) atoms.